The molecule has 2 aliphatic rings. The molecule has 0 radical (unpaired) electrons. The second-order valence-corrected chi connectivity index (χ2v) is 6.05. The molecule has 20 heavy (non-hydrogen) atoms. The van der Waals surface area contributed by atoms with Crippen molar-refractivity contribution in [3.05, 3.63) is 35.4 Å². The largest absolute Gasteiger partial charge is 0.305 e. The highest BCUT2D eigenvalue weighted by Crippen LogP contribution is 2.29. The van der Waals surface area contributed by atoms with Crippen LogP contribution in [0.2, 0.25) is 0 Å². The zero-order valence-corrected chi connectivity index (χ0v) is 12.5. The molecular formula is C14H18N4OS. The van der Waals surface area contributed by atoms with Gasteiger partial charge in [-0.25, -0.2) is 4.90 Å². The molecule has 2 aliphatic heterocycles. The maximum Gasteiger partial charge on any atom is 0.270 e. The highest BCUT2D eigenvalue weighted by Gasteiger charge is 2.41. The Morgan fingerprint density at radius 2 is 2.10 bits per heavy atom. The lowest BCUT2D eigenvalue weighted by atomic mass is 10.00. The lowest BCUT2D eigenvalue weighted by molar-refractivity contribution is -0.119. The van der Waals surface area contributed by atoms with Gasteiger partial charge in [0.15, 0.2) is 0 Å². The Bertz CT molecular complexity index is 574. The van der Waals surface area contributed by atoms with E-state index in [1.165, 1.54) is 11.1 Å². The van der Waals surface area contributed by atoms with Crippen molar-refractivity contribution in [3.63, 3.8) is 0 Å². The molecule has 1 aromatic rings. The van der Waals surface area contributed by atoms with E-state index < -0.39 is 5.12 Å². The first kappa shape index (κ1) is 13.5. The first-order valence-electron chi connectivity index (χ1n) is 6.65. The van der Waals surface area contributed by atoms with Gasteiger partial charge in [-0.2, -0.15) is 5.10 Å². The minimum atomic E-state index is -0.649. The summed E-state index contributed by atoms with van der Waals surface area (Å²) in [4.78, 5) is 14.2. The van der Waals surface area contributed by atoms with Gasteiger partial charge < -0.3 is 5.32 Å². The van der Waals surface area contributed by atoms with Gasteiger partial charge in [-0.3, -0.25) is 10.2 Å². The summed E-state index contributed by atoms with van der Waals surface area (Å²) in [5.41, 5.74) is 6.28. The Morgan fingerprint density at radius 1 is 1.35 bits per heavy atom. The summed E-state index contributed by atoms with van der Waals surface area (Å²) < 4.78 is 0. The van der Waals surface area contributed by atoms with Gasteiger partial charge in [0.25, 0.3) is 5.91 Å². The standard InChI is InChI=1S/C14H18N4OS/c1-10-13(19)15-14(20-2,17-16-10)18-8-7-11-5-3-4-6-12(11)9-18/h3-6,17H,7-9H2,1-2H3,(H,15,19)/t14-/m0/s1. The van der Waals surface area contributed by atoms with Crippen LogP contribution in [0.25, 0.3) is 0 Å². The van der Waals surface area contributed by atoms with Gasteiger partial charge in [0.2, 0.25) is 5.12 Å². The molecule has 0 saturated heterocycles. The second kappa shape index (κ2) is 5.10. The van der Waals surface area contributed by atoms with Crippen LogP contribution in [0.15, 0.2) is 29.4 Å². The number of rotatable bonds is 2. The number of nitrogens with one attached hydrogen (secondary N) is 2. The Labute approximate surface area is 122 Å². The topological polar surface area (TPSA) is 56.7 Å². The zero-order chi connectivity index (χ0) is 14.2. The van der Waals surface area contributed by atoms with Gasteiger partial charge in [-0.1, -0.05) is 36.0 Å². The second-order valence-electron chi connectivity index (χ2n) is 5.05. The fourth-order valence-electron chi connectivity index (χ4n) is 2.62. The Morgan fingerprint density at radius 3 is 2.80 bits per heavy atom. The number of hydrogen-bond acceptors (Lipinski definition) is 5. The van der Waals surface area contributed by atoms with Crippen molar-refractivity contribution in [2.24, 2.45) is 5.10 Å². The van der Waals surface area contributed by atoms with Crippen molar-refractivity contribution in [2.75, 3.05) is 12.8 Å². The number of hydrazone groups is 1. The summed E-state index contributed by atoms with van der Waals surface area (Å²) in [7, 11) is 0. The third kappa shape index (κ3) is 2.19. The molecule has 0 bridgehead atoms. The van der Waals surface area contributed by atoms with E-state index in [-0.39, 0.29) is 5.91 Å². The molecule has 3 rings (SSSR count). The van der Waals surface area contributed by atoms with E-state index in [4.69, 9.17) is 0 Å². The van der Waals surface area contributed by atoms with Crippen LogP contribution in [0.5, 0.6) is 0 Å². The number of carbonyl (C=O) groups is 1. The van der Waals surface area contributed by atoms with Crippen LogP contribution in [0, 0.1) is 0 Å². The van der Waals surface area contributed by atoms with Crippen LogP contribution in [-0.2, 0) is 17.8 Å². The molecule has 0 saturated carbocycles. The lowest BCUT2D eigenvalue weighted by Crippen LogP contribution is -2.69. The monoisotopic (exact) mass is 290 g/mol. The Kier molecular flexibility index (Phi) is 3.43. The SMILES string of the molecule is CS[C@]1(N2CCc3ccccc3C2)NN=C(C)C(=O)N1. The lowest BCUT2D eigenvalue weighted by Gasteiger charge is -2.45. The molecule has 106 valence electrons. The van der Waals surface area contributed by atoms with E-state index in [2.05, 4.69) is 45.0 Å². The van der Waals surface area contributed by atoms with Gasteiger partial charge in [0, 0.05) is 13.1 Å². The molecule has 0 unspecified atom stereocenters. The van der Waals surface area contributed by atoms with Gasteiger partial charge in [-0.15, -0.1) is 0 Å². The summed E-state index contributed by atoms with van der Waals surface area (Å²) >= 11 is 1.56. The fraction of sp³-hybridized carbons (Fsp3) is 0.429. The molecule has 1 aromatic carbocycles. The molecule has 0 fully saturated rings. The Balaban J connectivity index is 1.87. The molecule has 0 spiro atoms. The number of thioether (sulfide) groups is 1. The van der Waals surface area contributed by atoms with E-state index in [9.17, 15) is 4.79 Å². The summed E-state index contributed by atoms with van der Waals surface area (Å²) in [5.74, 6) is -0.114. The van der Waals surface area contributed by atoms with Crippen LogP contribution < -0.4 is 10.7 Å². The maximum atomic E-state index is 11.9. The van der Waals surface area contributed by atoms with Crippen molar-refractivity contribution in [1.82, 2.24) is 15.6 Å². The van der Waals surface area contributed by atoms with Gasteiger partial charge in [0.1, 0.15) is 5.71 Å². The van der Waals surface area contributed by atoms with Gasteiger partial charge >= 0.3 is 0 Å². The minimum Gasteiger partial charge on any atom is -0.305 e. The maximum absolute atomic E-state index is 11.9. The number of carbonyl (C=O) groups excluding carboxylic acids is 1. The highest BCUT2D eigenvalue weighted by molar-refractivity contribution is 7.99. The molecule has 2 heterocycles. The molecule has 2 N–H and O–H groups in total. The Hall–Kier alpha value is -1.53. The van der Waals surface area contributed by atoms with Crippen LogP contribution in [0.3, 0.4) is 0 Å². The highest BCUT2D eigenvalue weighted by atomic mass is 32.2. The third-order valence-electron chi connectivity index (χ3n) is 3.86. The van der Waals surface area contributed by atoms with Crippen LogP contribution in [0.1, 0.15) is 18.1 Å². The predicted octanol–water partition coefficient (Wildman–Crippen LogP) is 1.11. The first-order chi connectivity index (χ1) is 9.64. The number of amides is 1. The van der Waals surface area contributed by atoms with Crippen molar-refractivity contribution in [3.8, 4) is 0 Å². The summed E-state index contributed by atoms with van der Waals surface area (Å²) in [6.07, 6.45) is 2.96. The van der Waals surface area contributed by atoms with Gasteiger partial charge in [-0.05, 0) is 30.7 Å². The normalized spacial score (nSPS) is 26.3. The smallest absolute Gasteiger partial charge is 0.270 e. The van der Waals surface area contributed by atoms with Crippen molar-refractivity contribution in [2.45, 2.75) is 25.0 Å². The summed E-state index contributed by atoms with van der Waals surface area (Å²) in [5, 5.41) is 6.55. The van der Waals surface area contributed by atoms with E-state index in [1.807, 2.05) is 6.26 Å². The van der Waals surface area contributed by atoms with E-state index in [1.54, 1.807) is 18.7 Å². The molecule has 5 nitrogen and oxygen atoms in total. The van der Waals surface area contributed by atoms with Crippen LogP contribution in [0.4, 0.5) is 0 Å². The number of fused-ring (bicyclic) bond motifs is 1. The molecule has 1 atom stereocenters. The number of hydrogen-bond donors (Lipinski definition) is 2. The average Bonchev–Trinajstić information content (AvgIpc) is 2.50. The summed E-state index contributed by atoms with van der Waals surface area (Å²) in [6.45, 7) is 3.40. The fourth-order valence-corrected chi connectivity index (χ4v) is 3.37. The third-order valence-corrected chi connectivity index (χ3v) is 4.90. The van der Waals surface area contributed by atoms with Crippen LogP contribution in [-0.4, -0.2) is 34.4 Å². The van der Waals surface area contributed by atoms with E-state index >= 15 is 0 Å². The predicted molar refractivity (Wildman–Crippen MR) is 81.2 cm³/mol. The molecule has 1 amide bonds. The van der Waals surface area contributed by atoms with E-state index in [0.29, 0.717) is 5.71 Å². The average molecular weight is 290 g/mol. The van der Waals surface area contributed by atoms with Crippen molar-refractivity contribution < 1.29 is 4.79 Å². The quantitative estimate of drug-likeness (QED) is 0.857. The molecule has 0 aliphatic carbocycles. The van der Waals surface area contributed by atoms with Crippen LogP contribution >= 0.6 is 11.8 Å². The minimum absolute atomic E-state index is 0.114. The number of benzene rings is 1. The zero-order valence-electron chi connectivity index (χ0n) is 11.6. The molecule has 6 heteroatoms. The van der Waals surface area contributed by atoms with Crippen molar-refractivity contribution in [1.29, 1.82) is 0 Å². The van der Waals surface area contributed by atoms with Gasteiger partial charge in [0.05, 0.1) is 0 Å². The van der Waals surface area contributed by atoms with E-state index in [0.717, 1.165) is 19.5 Å². The van der Waals surface area contributed by atoms with Crippen molar-refractivity contribution >= 4 is 23.4 Å². The molecule has 0 aromatic heterocycles. The number of nitrogens with zero attached hydrogens (tertiary/aromatic N) is 2. The molecular weight excluding hydrogens is 272 g/mol. The first-order valence-corrected chi connectivity index (χ1v) is 7.88. The summed E-state index contributed by atoms with van der Waals surface area (Å²) in [6, 6.07) is 8.46.